The fourth-order valence-electron chi connectivity index (χ4n) is 2.47. The molecule has 0 aromatic carbocycles. The predicted molar refractivity (Wildman–Crippen MR) is 106 cm³/mol. The van der Waals surface area contributed by atoms with Crippen LogP contribution in [0.4, 0.5) is 15.4 Å². The number of carbonyl (C=O) groups excluding carboxylic acids is 2. The Kier molecular flexibility index (Phi) is 6.58. The molecule has 0 atom stereocenters. The van der Waals surface area contributed by atoms with E-state index in [2.05, 4.69) is 26.2 Å². The fraction of sp³-hybridized carbons (Fsp3) is 0.150. The molecule has 1 aliphatic rings. The lowest BCUT2D eigenvalue weighted by Gasteiger charge is -2.23. The number of ether oxygens (including phenoxy) is 2. The Labute approximate surface area is 171 Å². The van der Waals surface area contributed by atoms with Crippen LogP contribution in [-0.4, -0.2) is 45.2 Å². The molecule has 10 heteroatoms. The van der Waals surface area contributed by atoms with E-state index >= 15 is 0 Å². The Morgan fingerprint density at radius 2 is 2.13 bits per heavy atom. The van der Waals surface area contributed by atoms with Crippen molar-refractivity contribution in [2.75, 3.05) is 18.5 Å². The first-order chi connectivity index (χ1) is 14.5. The molecule has 3 heterocycles. The Morgan fingerprint density at radius 1 is 1.27 bits per heavy atom. The number of nitrogens with one attached hydrogen (secondary N) is 2. The quantitative estimate of drug-likeness (QED) is 0.724. The number of carbonyl (C=O) groups is 2. The zero-order valence-electron chi connectivity index (χ0n) is 15.7. The van der Waals surface area contributed by atoms with Crippen molar-refractivity contribution in [1.82, 2.24) is 19.9 Å². The summed E-state index contributed by atoms with van der Waals surface area (Å²) in [6.07, 6.45) is 11.7. The van der Waals surface area contributed by atoms with Crippen LogP contribution in [0.5, 0.6) is 0 Å². The van der Waals surface area contributed by atoms with Gasteiger partial charge in [-0.15, -0.1) is 6.42 Å². The van der Waals surface area contributed by atoms with Gasteiger partial charge in [-0.25, -0.2) is 19.4 Å². The molecule has 0 bridgehead atoms. The van der Waals surface area contributed by atoms with Crippen LogP contribution in [0.1, 0.15) is 5.56 Å². The van der Waals surface area contributed by atoms with E-state index in [0.29, 0.717) is 11.1 Å². The number of hydrogen-bond donors (Lipinski definition) is 2. The molecular formula is C20H17N5O5. The minimum absolute atomic E-state index is 0.0600. The average molecular weight is 407 g/mol. The van der Waals surface area contributed by atoms with E-state index in [9.17, 15) is 14.4 Å². The zero-order valence-corrected chi connectivity index (χ0v) is 15.7. The van der Waals surface area contributed by atoms with Gasteiger partial charge in [0.2, 0.25) is 0 Å². The Balaban J connectivity index is 1.58. The molecule has 0 spiro atoms. The molecule has 30 heavy (non-hydrogen) atoms. The maximum Gasteiger partial charge on any atom is 0.414 e. The first-order valence-electron chi connectivity index (χ1n) is 8.73. The topological polar surface area (TPSA) is 127 Å². The minimum Gasteiger partial charge on any atom is -0.444 e. The monoisotopic (exact) mass is 407 g/mol. The van der Waals surface area contributed by atoms with E-state index in [0.717, 1.165) is 5.56 Å². The molecule has 10 nitrogen and oxygen atoms in total. The van der Waals surface area contributed by atoms with Crippen molar-refractivity contribution >= 4 is 18.0 Å². The lowest BCUT2D eigenvalue weighted by atomic mass is 10.1. The summed E-state index contributed by atoms with van der Waals surface area (Å²) in [6.45, 7) is 0.0690. The van der Waals surface area contributed by atoms with Crippen molar-refractivity contribution in [2.45, 2.75) is 6.61 Å². The van der Waals surface area contributed by atoms with Gasteiger partial charge in [0.25, 0.3) is 0 Å². The molecule has 0 fully saturated rings. The van der Waals surface area contributed by atoms with Crippen molar-refractivity contribution in [2.24, 2.45) is 0 Å². The van der Waals surface area contributed by atoms with Gasteiger partial charge in [0.1, 0.15) is 19.0 Å². The summed E-state index contributed by atoms with van der Waals surface area (Å²) in [5.41, 5.74) is 1.15. The SMILES string of the molecule is C#CC1=CC(COC(=O)Nc2ccnc(=O)[nH]2)=CN(C(=O)OCc2cccnc2)C1. The fourth-order valence-corrected chi connectivity index (χ4v) is 2.47. The highest BCUT2D eigenvalue weighted by Gasteiger charge is 2.19. The molecule has 152 valence electrons. The second kappa shape index (κ2) is 9.70. The number of pyridine rings is 1. The summed E-state index contributed by atoms with van der Waals surface area (Å²) < 4.78 is 10.4. The molecule has 2 N–H and O–H groups in total. The van der Waals surface area contributed by atoms with Gasteiger partial charge in [-0.05, 0) is 18.2 Å². The molecule has 2 aromatic rings. The number of rotatable bonds is 5. The van der Waals surface area contributed by atoms with Gasteiger partial charge in [-0.3, -0.25) is 20.2 Å². The van der Waals surface area contributed by atoms with Crippen LogP contribution in [0.15, 0.2) is 65.0 Å². The van der Waals surface area contributed by atoms with Gasteiger partial charge in [0.05, 0.1) is 6.54 Å². The van der Waals surface area contributed by atoms with Crippen LogP contribution in [-0.2, 0) is 16.1 Å². The molecule has 0 aliphatic carbocycles. The predicted octanol–water partition coefficient (Wildman–Crippen LogP) is 1.81. The second-order valence-electron chi connectivity index (χ2n) is 6.05. The number of amides is 2. The van der Waals surface area contributed by atoms with E-state index in [1.54, 1.807) is 30.6 Å². The zero-order chi connectivity index (χ0) is 21.3. The van der Waals surface area contributed by atoms with Crippen molar-refractivity contribution in [3.8, 4) is 12.3 Å². The number of hydrogen-bond acceptors (Lipinski definition) is 7. The highest BCUT2D eigenvalue weighted by atomic mass is 16.6. The lowest BCUT2D eigenvalue weighted by Crippen LogP contribution is -2.31. The van der Waals surface area contributed by atoms with E-state index in [-0.39, 0.29) is 25.6 Å². The molecule has 2 aromatic heterocycles. The summed E-state index contributed by atoms with van der Waals surface area (Å²) >= 11 is 0. The maximum atomic E-state index is 12.4. The average Bonchev–Trinajstić information content (AvgIpc) is 2.76. The van der Waals surface area contributed by atoms with E-state index in [1.807, 2.05) is 0 Å². The molecule has 3 rings (SSSR count). The number of nitrogens with zero attached hydrogens (tertiary/aromatic N) is 3. The largest absolute Gasteiger partial charge is 0.444 e. The van der Waals surface area contributed by atoms with Crippen molar-refractivity contribution in [3.63, 3.8) is 0 Å². The standard InChI is InChI=1S/C20H17N5O5/c1-2-14-8-16(13-29-19(27)24-17-5-7-22-18(26)23-17)11-25(10-14)20(28)30-12-15-4-3-6-21-9-15/h1,3-9,11H,10,12-13H2,(H2,22,23,24,26,27). The maximum absolute atomic E-state index is 12.4. The van der Waals surface area contributed by atoms with Crippen LogP contribution in [0, 0.1) is 12.3 Å². The highest BCUT2D eigenvalue weighted by Crippen LogP contribution is 2.16. The number of aromatic nitrogens is 3. The summed E-state index contributed by atoms with van der Waals surface area (Å²) in [5, 5.41) is 2.36. The first-order valence-corrected chi connectivity index (χ1v) is 8.73. The van der Waals surface area contributed by atoms with Gasteiger partial charge in [0.15, 0.2) is 0 Å². The van der Waals surface area contributed by atoms with Crippen LogP contribution in [0.2, 0.25) is 0 Å². The number of H-pyrrole nitrogens is 1. The smallest absolute Gasteiger partial charge is 0.414 e. The normalized spacial score (nSPS) is 12.8. The van der Waals surface area contributed by atoms with Gasteiger partial charge in [-0.1, -0.05) is 12.0 Å². The molecule has 0 saturated heterocycles. The lowest BCUT2D eigenvalue weighted by molar-refractivity contribution is 0.112. The van der Waals surface area contributed by atoms with Crippen LogP contribution < -0.4 is 11.0 Å². The minimum atomic E-state index is -0.801. The third kappa shape index (κ3) is 5.80. The molecule has 0 unspecified atom stereocenters. The number of anilines is 1. The van der Waals surface area contributed by atoms with E-state index < -0.39 is 17.9 Å². The van der Waals surface area contributed by atoms with Crippen molar-refractivity contribution < 1.29 is 19.1 Å². The van der Waals surface area contributed by atoms with Crippen molar-refractivity contribution in [3.05, 3.63) is 76.3 Å². The van der Waals surface area contributed by atoms with Crippen LogP contribution in [0.3, 0.4) is 0 Å². The molecule has 2 amide bonds. The number of aromatic amines is 1. The van der Waals surface area contributed by atoms with Gasteiger partial charge in [-0.2, -0.15) is 0 Å². The van der Waals surface area contributed by atoms with Crippen LogP contribution >= 0.6 is 0 Å². The van der Waals surface area contributed by atoms with Gasteiger partial charge >= 0.3 is 17.9 Å². The molecular weight excluding hydrogens is 390 g/mol. The molecule has 0 radical (unpaired) electrons. The summed E-state index contributed by atoms with van der Waals surface area (Å²) in [4.78, 5) is 46.5. The Morgan fingerprint density at radius 3 is 2.87 bits per heavy atom. The molecule has 0 saturated carbocycles. The van der Waals surface area contributed by atoms with Crippen LogP contribution in [0.25, 0.3) is 0 Å². The summed E-state index contributed by atoms with van der Waals surface area (Å²) in [7, 11) is 0. The molecule has 1 aliphatic heterocycles. The Hall–Kier alpha value is -4.39. The number of terminal acetylenes is 1. The van der Waals surface area contributed by atoms with E-state index in [4.69, 9.17) is 15.9 Å². The van der Waals surface area contributed by atoms with Gasteiger partial charge in [0, 0.05) is 41.5 Å². The third-order valence-corrected chi connectivity index (χ3v) is 3.81. The van der Waals surface area contributed by atoms with E-state index in [1.165, 1.54) is 23.4 Å². The first kappa shape index (κ1) is 20.3. The van der Waals surface area contributed by atoms with Crippen molar-refractivity contribution in [1.29, 1.82) is 0 Å². The summed E-state index contributed by atoms with van der Waals surface area (Å²) in [5.74, 6) is 2.62. The second-order valence-corrected chi connectivity index (χ2v) is 6.05. The van der Waals surface area contributed by atoms with Gasteiger partial charge < -0.3 is 9.47 Å². The Bertz CT molecular complexity index is 1080. The third-order valence-electron chi connectivity index (χ3n) is 3.81. The summed E-state index contributed by atoms with van der Waals surface area (Å²) in [6, 6.07) is 4.93. The highest BCUT2D eigenvalue weighted by molar-refractivity contribution is 5.83.